The average molecular weight is 201 g/mol. The third kappa shape index (κ3) is 1.91. The van der Waals surface area contributed by atoms with Gasteiger partial charge >= 0.3 is 0 Å². The van der Waals surface area contributed by atoms with E-state index in [0.717, 1.165) is 5.39 Å². The first-order chi connectivity index (χ1) is 7.31. The molecular weight excluding hydrogens is 190 g/mol. The zero-order valence-electron chi connectivity index (χ0n) is 8.19. The van der Waals surface area contributed by atoms with Crippen LogP contribution in [0, 0.1) is 0 Å². The lowest BCUT2D eigenvalue weighted by atomic mass is 10.2. The Labute approximate surface area is 87.0 Å². The Morgan fingerprint density at radius 3 is 3.00 bits per heavy atom. The van der Waals surface area contributed by atoms with E-state index in [1.807, 2.05) is 18.2 Å². The lowest BCUT2D eigenvalue weighted by Crippen LogP contribution is -2.08. The first-order valence-corrected chi connectivity index (χ1v) is 4.67. The van der Waals surface area contributed by atoms with Crippen LogP contribution in [0.2, 0.25) is 0 Å². The molecule has 3 nitrogen and oxygen atoms in total. The van der Waals surface area contributed by atoms with Crippen molar-refractivity contribution in [2.45, 2.75) is 0 Å². The molecule has 1 heterocycles. The molecule has 2 aromatic rings. The molecule has 1 aromatic heterocycles. The first kappa shape index (κ1) is 9.52. The maximum absolute atomic E-state index is 11.6. The van der Waals surface area contributed by atoms with E-state index in [0.29, 0.717) is 17.9 Å². The Hall–Kier alpha value is -2.03. The Morgan fingerprint density at radius 2 is 2.20 bits per heavy atom. The predicted octanol–water partition coefficient (Wildman–Crippen LogP) is 2.09. The van der Waals surface area contributed by atoms with Gasteiger partial charge in [0.25, 0.3) is 5.56 Å². The molecule has 0 radical (unpaired) electrons. The fourth-order valence-corrected chi connectivity index (χ4v) is 1.41. The van der Waals surface area contributed by atoms with Crippen LogP contribution in [0.4, 0.5) is 0 Å². The van der Waals surface area contributed by atoms with Gasteiger partial charge in [0.15, 0.2) is 5.88 Å². The van der Waals surface area contributed by atoms with E-state index in [-0.39, 0.29) is 5.56 Å². The van der Waals surface area contributed by atoms with Crippen LogP contribution in [0.3, 0.4) is 0 Å². The lowest BCUT2D eigenvalue weighted by Gasteiger charge is -2.03. The average Bonchev–Trinajstić information content (AvgIpc) is 2.26. The number of fused-ring (bicyclic) bond motifs is 1. The molecule has 0 unspecified atom stereocenters. The van der Waals surface area contributed by atoms with Crippen LogP contribution >= 0.6 is 0 Å². The van der Waals surface area contributed by atoms with Crippen molar-refractivity contribution in [1.82, 2.24) is 4.98 Å². The van der Waals surface area contributed by atoms with Crippen molar-refractivity contribution in [3.8, 4) is 5.88 Å². The third-order valence-corrected chi connectivity index (χ3v) is 2.09. The number of aromatic amines is 1. The molecule has 2 rings (SSSR count). The van der Waals surface area contributed by atoms with Gasteiger partial charge < -0.3 is 4.74 Å². The van der Waals surface area contributed by atoms with Gasteiger partial charge in [-0.15, -0.1) is 0 Å². The monoisotopic (exact) mass is 201 g/mol. The molecule has 1 N–H and O–H groups in total. The first-order valence-electron chi connectivity index (χ1n) is 4.67. The van der Waals surface area contributed by atoms with E-state index in [1.165, 1.54) is 0 Å². The summed E-state index contributed by atoms with van der Waals surface area (Å²) in [5.74, 6) is 0.471. The lowest BCUT2D eigenvalue weighted by molar-refractivity contribution is 0.348. The molecule has 0 atom stereocenters. The summed E-state index contributed by atoms with van der Waals surface area (Å²) in [5, 5.41) is 1.55. The number of ether oxygens (including phenoxy) is 1. The highest BCUT2D eigenvalue weighted by Gasteiger charge is 2.00. The number of pyridine rings is 1. The molecular formula is C12H11NO2. The number of nitrogens with one attached hydrogen (secondary N) is 1. The van der Waals surface area contributed by atoms with E-state index in [4.69, 9.17) is 4.74 Å². The van der Waals surface area contributed by atoms with Crippen molar-refractivity contribution in [2.75, 3.05) is 6.61 Å². The fourth-order valence-electron chi connectivity index (χ4n) is 1.41. The molecule has 0 fully saturated rings. The number of rotatable bonds is 3. The van der Waals surface area contributed by atoms with Crippen molar-refractivity contribution in [1.29, 1.82) is 0 Å². The van der Waals surface area contributed by atoms with Gasteiger partial charge in [0.05, 0.1) is 0 Å². The van der Waals surface area contributed by atoms with E-state index < -0.39 is 0 Å². The molecule has 0 bridgehead atoms. The van der Waals surface area contributed by atoms with Crippen molar-refractivity contribution >= 4 is 10.8 Å². The molecule has 0 aliphatic heterocycles. The second-order valence-electron chi connectivity index (χ2n) is 3.15. The van der Waals surface area contributed by atoms with Gasteiger partial charge in [0, 0.05) is 11.5 Å². The Balaban J connectivity index is 2.52. The molecule has 0 aliphatic carbocycles. The SMILES string of the molecule is C=CCOc1cc2ccccc2c(=O)[nH]1. The summed E-state index contributed by atoms with van der Waals surface area (Å²) in [4.78, 5) is 14.3. The maximum Gasteiger partial charge on any atom is 0.258 e. The molecule has 15 heavy (non-hydrogen) atoms. The van der Waals surface area contributed by atoms with Crippen LogP contribution < -0.4 is 10.3 Å². The number of hydrogen-bond acceptors (Lipinski definition) is 2. The van der Waals surface area contributed by atoms with Crippen LogP contribution in [0.15, 0.2) is 47.8 Å². The molecule has 0 saturated carbocycles. The topological polar surface area (TPSA) is 42.1 Å². The predicted molar refractivity (Wildman–Crippen MR) is 60.3 cm³/mol. The molecule has 3 heteroatoms. The zero-order valence-corrected chi connectivity index (χ0v) is 8.19. The summed E-state index contributed by atoms with van der Waals surface area (Å²) in [5.41, 5.74) is -0.132. The quantitative estimate of drug-likeness (QED) is 0.772. The Bertz CT molecular complexity index is 543. The van der Waals surface area contributed by atoms with E-state index >= 15 is 0 Å². The minimum absolute atomic E-state index is 0.132. The van der Waals surface area contributed by atoms with Crippen molar-refractivity contribution < 1.29 is 4.74 Å². The molecule has 0 spiro atoms. The minimum atomic E-state index is -0.132. The largest absolute Gasteiger partial charge is 0.475 e. The van der Waals surface area contributed by atoms with E-state index in [9.17, 15) is 4.79 Å². The second-order valence-corrected chi connectivity index (χ2v) is 3.15. The van der Waals surface area contributed by atoms with Crippen LogP contribution in [0.5, 0.6) is 5.88 Å². The van der Waals surface area contributed by atoms with E-state index in [2.05, 4.69) is 11.6 Å². The Morgan fingerprint density at radius 1 is 1.40 bits per heavy atom. The van der Waals surface area contributed by atoms with Gasteiger partial charge in [-0.25, -0.2) is 0 Å². The number of hydrogen-bond donors (Lipinski definition) is 1. The van der Waals surface area contributed by atoms with Gasteiger partial charge in [0.1, 0.15) is 6.61 Å². The number of benzene rings is 1. The normalized spacial score (nSPS) is 10.1. The highest BCUT2D eigenvalue weighted by molar-refractivity contribution is 5.82. The van der Waals surface area contributed by atoms with E-state index in [1.54, 1.807) is 18.2 Å². The highest BCUT2D eigenvalue weighted by atomic mass is 16.5. The van der Waals surface area contributed by atoms with Crippen LogP contribution in [-0.2, 0) is 0 Å². The van der Waals surface area contributed by atoms with Gasteiger partial charge in [-0.3, -0.25) is 9.78 Å². The molecule has 1 aromatic carbocycles. The summed E-state index contributed by atoms with van der Waals surface area (Å²) in [6, 6.07) is 9.19. The molecule has 0 amide bonds. The summed E-state index contributed by atoms with van der Waals surface area (Å²) < 4.78 is 5.27. The summed E-state index contributed by atoms with van der Waals surface area (Å²) >= 11 is 0. The van der Waals surface area contributed by atoms with Crippen LogP contribution in [0.25, 0.3) is 10.8 Å². The number of H-pyrrole nitrogens is 1. The summed E-state index contributed by atoms with van der Waals surface area (Å²) in [7, 11) is 0. The molecule has 0 aliphatic rings. The summed E-state index contributed by atoms with van der Waals surface area (Å²) in [6.45, 7) is 3.93. The Kier molecular flexibility index (Phi) is 2.54. The highest BCUT2D eigenvalue weighted by Crippen LogP contribution is 2.13. The number of aromatic nitrogens is 1. The van der Waals surface area contributed by atoms with Crippen molar-refractivity contribution in [3.63, 3.8) is 0 Å². The van der Waals surface area contributed by atoms with Gasteiger partial charge in [0.2, 0.25) is 0 Å². The van der Waals surface area contributed by atoms with Crippen molar-refractivity contribution in [3.05, 3.63) is 53.3 Å². The molecule has 0 saturated heterocycles. The van der Waals surface area contributed by atoms with Crippen molar-refractivity contribution in [2.24, 2.45) is 0 Å². The zero-order chi connectivity index (χ0) is 10.7. The van der Waals surface area contributed by atoms with Crippen LogP contribution in [0.1, 0.15) is 0 Å². The fraction of sp³-hybridized carbons (Fsp3) is 0.0833. The standard InChI is InChI=1S/C12H11NO2/c1-2-7-15-11-8-9-5-3-4-6-10(9)12(14)13-11/h2-6,8H,1,7H2,(H,13,14). The summed E-state index contributed by atoms with van der Waals surface area (Å²) in [6.07, 6.45) is 1.63. The minimum Gasteiger partial charge on any atom is -0.475 e. The maximum atomic E-state index is 11.6. The second kappa shape index (κ2) is 4.00. The van der Waals surface area contributed by atoms with Gasteiger partial charge in [-0.2, -0.15) is 0 Å². The van der Waals surface area contributed by atoms with Gasteiger partial charge in [-0.05, 0) is 11.5 Å². The molecule has 76 valence electrons. The van der Waals surface area contributed by atoms with Gasteiger partial charge in [-0.1, -0.05) is 30.9 Å². The van der Waals surface area contributed by atoms with Crippen LogP contribution in [-0.4, -0.2) is 11.6 Å². The third-order valence-electron chi connectivity index (χ3n) is 2.09. The smallest absolute Gasteiger partial charge is 0.258 e.